The minimum atomic E-state index is -0.315. The van der Waals surface area contributed by atoms with Crippen molar-refractivity contribution < 1.29 is 14.3 Å². The SMILES string of the molecule is CCOC(=O)N1CCN(C(=O)c2sc3ncnc(N4CCN(c5ccccc5)CC4)c3c2C)CC1. The molecule has 0 N–H and O–H groups in total. The fourth-order valence-electron chi connectivity index (χ4n) is 4.76. The molecule has 0 radical (unpaired) electrons. The molecule has 4 heterocycles. The van der Waals surface area contributed by atoms with Gasteiger partial charge in [0.1, 0.15) is 17.0 Å². The fraction of sp³-hybridized carbons (Fsp3) is 0.440. The zero-order chi connectivity index (χ0) is 24.4. The van der Waals surface area contributed by atoms with Gasteiger partial charge < -0.3 is 24.3 Å². The second-order valence-corrected chi connectivity index (χ2v) is 9.72. The van der Waals surface area contributed by atoms with Crippen LogP contribution in [0.3, 0.4) is 0 Å². The first-order chi connectivity index (χ1) is 17.1. The van der Waals surface area contributed by atoms with E-state index in [-0.39, 0.29) is 12.0 Å². The van der Waals surface area contributed by atoms with Crippen molar-refractivity contribution in [3.8, 4) is 0 Å². The number of amides is 2. The van der Waals surface area contributed by atoms with E-state index in [2.05, 4.69) is 44.0 Å². The number of aromatic nitrogens is 2. The molecule has 0 atom stereocenters. The highest BCUT2D eigenvalue weighted by Crippen LogP contribution is 2.36. The first-order valence-corrected chi connectivity index (χ1v) is 12.9. The van der Waals surface area contributed by atoms with Gasteiger partial charge in [0.2, 0.25) is 0 Å². The lowest BCUT2D eigenvalue weighted by molar-refractivity contribution is 0.0574. The van der Waals surface area contributed by atoms with Gasteiger partial charge in [0.15, 0.2) is 0 Å². The molecular weight excluding hydrogens is 464 g/mol. The number of hydrogen-bond donors (Lipinski definition) is 0. The van der Waals surface area contributed by atoms with Gasteiger partial charge in [-0.25, -0.2) is 14.8 Å². The lowest BCUT2D eigenvalue weighted by Gasteiger charge is -2.37. The minimum Gasteiger partial charge on any atom is -0.450 e. The van der Waals surface area contributed by atoms with Crippen molar-refractivity contribution in [2.75, 3.05) is 68.8 Å². The first kappa shape index (κ1) is 23.3. The third-order valence-electron chi connectivity index (χ3n) is 6.69. The topological polar surface area (TPSA) is 82.1 Å². The molecule has 2 aliphatic rings. The molecular formula is C25H30N6O3S. The maximum Gasteiger partial charge on any atom is 0.409 e. The van der Waals surface area contributed by atoms with Crippen molar-refractivity contribution in [3.05, 3.63) is 47.1 Å². The number of rotatable bonds is 4. The van der Waals surface area contributed by atoms with E-state index < -0.39 is 0 Å². The van der Waals surface area contributed by atoms with Gasteiger partial charge in [-0.2, -0.15) is 0 Å². The summed E-state index contributed by atoms with van der Waals surface area (Å²) in [7, 11) is 0. The van der Waals surface area contributed by atoms with Gasteiger partial charge in [0, 0.05) is 58.0 Å². The van der Waals surface area contributed by atoms with Crippen LogP contribution in [0.15, 0.2) is 36.7 Å². The molecule has 2 amide bonds. The molecule has 3 aromatic rings. The lowest BCUT2D eigenvalue weighted by atomic mass is 10.1. The van der Waals surface area contributed by atoms with Gasteiger partial charge in [0.25, 0.3) is 5.91 Å². The number of para-hydroxylation sites is 1. The standard InChI is InChI=1S/C25H30N6O3S/c1-3-34-25(33)31-15-13-30(14-16-31)24(32)21-18(2)20-22(26-17-27-23(20)35-21)29-11-9-28(10-12-29)19-7-5-4-6-8-19/h4-8,17H,3,9-16H2,1-2H3. The largest absolute Gasteiger partial charge is 0.450 e. The van der Waals surface area contributed by atoms with E-state index >= 15 is 0 Å². The molecule has 2 aromatic heterocycles. The number of carbonyl (C=O) groups excluding carboxylic acids is 2. The molecule has 2 aliphatic heterocycles. The number of ether oxygens (including phenoxy) is 1. The number of piperazine rings is 2. The highest BCUT2D eigenvalue weighted by atomic mass is 32.1. The Morgan fingerprint density at radius 2 is 1.57 bits per heavy atom. The van der Waals surface area contributed by atoms with Crippen LogP contribution in [0.5, 0.6) is 0 Å². The molecule has 0 aliphatic carbocycles. The highest BCUT2D eigenvalue weighted by Gasteiger charge is 2.29. The van der Waals surface area contributed by atoms with E-state index in [1.54, 1.807) is 18.2 Å². The van der Waals surface area contributed by atoms with Gasteiger partial charge in [-0.1, -0.05) is 18.2 Å². The van der Waals surface area contributed by atoms with Gasteiger partial charge in [-0.15, -0.1) is 11.3 Å². The van der Waals surface area contributed by atoms with Crippen LogP contribution in [0.4, 0.5) is 16.3 Å². The number of anilines is 2. The van der Waals surface area contributed by atoms with Crippen molar-refractivity contribution >= 4 is 45.1 Å². The number of aryl methyl sites for hydroxylation is 1. The van der Waals surface area contributed by atoms with Crippen LogP contribution >= 0.6 is 11.3 Å². The molecule has 35 heavy (non-hydrogen) atoms. The van der Waals surface area contributed by atoms with E-state index in [4.69, 9.17) is 4.74 Å². The van der Waals surface area contributed by atoms with E-state index in [1.807, 2.05) is 17.9 Å². The molecule has 0 unspecified atom stereocenters. The summed E-state index contributed by atoms with van der Waals surface area (Å²) in [6.07, 6.45) is 1.29. The minimum absolute atomic E-state index is 0.00569. The van der Waals surface area contributed by atoms with Crippen molar-refractivity contribution in [1.82, 2.24) is 19.8 Å². The Kier molecular flexibility index (Phi) is 6.72. The molecule has 0 saturated carbocycles. The van der Waals surface area contributed by atoms with Crippen molar-refractivity contribution in [2.45, 2.75) is 13.8 Å². The fourth-order valence-corrected chi connectivity index (χ4v) is 5.87. The summed E-state index contributed by atoms with van der Waals surface area (Å²) in [5.41, 5.74) is 2.17. The van der Waals surface area contributed by atoms with Crippen LogP contribution in [0.25, 0.3) is 10.2 Å². The predicted octanol–water partition coefficient (Wildman–Crippen LogP) is 3.24. The maximum atomic E-state index is 13.4. The third-order valence-corrected chi connectivity index (χ3v) is 7.88. The highest BCUT2D eigenvalue weighted by molar-refractivity contribution is 7.20. The van der Waals surface area contributed by atoms with Crippen LogP contribution in [-0.4, -0.2) is 90.7 Å². The summed E-state index contributed by atoms with van der Waals surface area (Å²) in [6.45, 7) is 9.61. The van der Waals surface area contributed by atoms with Crippen LogP contribution in [0.1, 0.15) is 22.2 Å². The Labute approximate surface area is 208 Å². The average molecular weight is 495 g/mol. The molecule has 10 heteroatoms. The number of fused-ring (bicyclic) bond motifs is 1. The Bertz CT molecular complexity index is 1200. The normalized spacial score (nSPS) is 16.6. The lowest BCUT2D eigenvalue weighted by Crippen LogP contribution is -2.50. The first-order valence-electron chi connectivity index (χ1n) is 12.1. The molecule has 184 valence electrons. The van der Waals surface area contributed by atoms with E-state index in [1.165, 1.54) is 17.0 Å². The summed E-state index contributed by atoms with van der Waals surface area (Å²) in [5, 5.41) is 0.971. The number of carbonyl (C=O) groups is 2. The van der Waals surface area contributed by atoms with Crippen LogP contribution < -0.4 is 9.80 Å². The van der Waals surface area contributed by atoms with Crippen molar-refractivity contribution in [3.63, 3.8) is 0 Å². The Balaban J connectivity index is 1.31. The van der Waals surface area contributed by atoms with Gasteiger partial charge in [-0.05, 0) is 31.5 Å². The molecule has 1 aromatic carbocycles. The summed E-state index contributed by atoms with van der Waals surface area (Å²) in [4.78, 5) is 44.2. The summed E-state index contributed by atoms with van der Waals surface area (Å²) >= 11 is 1.43. The second-order valence-electron chi connectivity index (χ2n) is 8.72. The van der Waals surface area contributed by atoms with E-state index in [0.29, 0.717) is 37.7 Å². The summed E-state index contributed by atoms with van der Waals surface area (Å²) < 4.78 is 5.09. The van der Waals surface area contributed by atoms with Gasteiger partial charge in [-0.3, -0.25) is 4.79 Å². The zero-order valence-electron chi connectivity index (χ0n) is 20.1. The molecule has 2 fully saturated rings. The Hall–Kier alpha value is -3.40. The van der Waals surface area contributed by atoms with Crippen LogP contribution in [0.2, 0.25) is 0 Å². The monoisotopic (exact) mass is 494 g/mol. The van der Waals surface area contributed by atoms with Crippen LogP contribution in [-0.2, 0) is 4.74 Å². The van der Waals surface area contributed by atoms with Crippen molar-refractivity contribution in [1.29, 1.82) is 0 Å². The smallest absolute Gasteiger partial charge is 0.409 e. The Morgan fingerprint density at radius 3 is 2.26 bits per heavy atom. The molecule has 0 spiro atoms. The number of thiophene rings is 1. The molecule has 2 saturated heterocycles. The molecule has 5 rings (SSSR count). The van der Waals surface area contributed by atoms with Crippen molar-refractivity contribution in [2.24, 2.45) is 0 Å². The molecule has 0 bridgehead atoms. The zero-order valence-corrected chi connectivity index (χ0v) is 21.0. The predicted molar refractivity (Wildman–Crippen MR) is 138 cm³/mol. The summed E-state index contributed by atoms with van der Waals surface area (Å²) in [6, 6.07) is 10.5. The Morgan fingerprint density at radius 1 is 0.914 bits per heavy atom. The van der Waals surface area contributed by atoms with Crippen LogP contribution in [0, 0.1) is 6.92 Å². The van der Waals surface area contributed by atoms with Gasteiger partial charge in [0.05, 0.1) is 16.9 Å². The van der Waals surface area contributed by atoms with E-state index in [9.17, 15) is 9.59 Å². The maximum absolute atomic E-state index is 13.4. The third kappa shape index (κ3) is 4.62. The van der Waals surface area contributed by atoms with Gasteiger partial charge >= 0.3 is 6.09 Å². The molecule has 9 nitrogen and oxygen atoms in total. The van der Waals surface area contributed by atoms with E-state index in [0.717, 1.165) is 47.8 Å². The quantitative estimate of drug-likeness (QED) is 0.551. The number of benzene rings is 1. The number of hydrogen-bond acceptors (Lipinski definition) is 8. The second kappa shape index (κ2) is 10.1. The number of nitrogens with zero attached hydrogens (tertiary/aromatic N) is 6. The average Bonchev–Trinajstić information content (AvgIpc) is 3.25. The summed E-state index contributed by atoms with van der Waals surface area (Å²) in [5.74, 6) is 0.900.